The van der Waals surface area contributed by atoms with E-state index >= 15 is 0 Å². The molecular formula is C24H32N6O3. The van der Waals surface area contributed by atoms with Crippen molar-refractivity contribution >= 4 is 5.97 Å². The molecule has 0 aliphatic carbocycles. The van der Waals surface area contributed by atoms with Crippen LogP contribution in [0.5, 0.6) is 0 Å². The molecule has 2 fully saturated rings. The fraction of sp³-hybridized carbons (Fsp3) is 0.583. The van der Waals surface area contributed by atoms with E-state index in [1.807, 2.05) is 13.0 Å². The first kappa shape index (κ1) is 22.0. The van der Waals surface area contributed by atoms with Gasteiger partial charge in [-0.1, -0.05) is 6.07 Å². The third kappa shape index (κ3) is 4.15. The molecule has 0 saturated carbocycles. The molecule has 3 aliphatic rings. The van der Waals surface area contributed by atoms with Crippen LogP contribution in [-0.2, 0) is 9.53 Å². The largest absolute Gasteiger partial charge is 0.456 e. The SMILES string of the molecule is CC1=C(N2CCC3(CC2)CCN([C@H](CO)c2ccc(-n4cnnn4)cc2C)CC3)COC1=O. The molecule has 176 valence electrons. The molecule has 1 aromatic carbocycles. The van der Waals surface area contributed by atoms with Gasteiger partial charge in [-0.15, -0.1) is 5.10 Å². The molecule has 3 aliphatic heterocycles. The van der Waals surface area contributed by atoms with Crippen LogP contribution in [0.1, 0.15) is 49.8 Å². The normalized spacial score (nSPS) is 22.2. The minimum atomic E-state index is -0.171. The highest BCUT2D eigenvalue weighted by Gasteiger charge is 2.40. The number of carbonyl (C=O) groups is 1. The van der Waals surface area contributed by atoms with Crippen LogP contribution in [0.3, 0.4) is 0 Å². The van der Waals surface area contributed by atoms with Crippen molar-refractivity contribution in [2.75, 3.05) is 39.4 Å². The fourth-order valence-electron chi connectivity index (χ4n) is 5.72. The summed E-state index contributed by atoms with van der Waals surface area (Å²) in [4.78, 5) is 16.5. The van der Waals surface area contributed by atoms with Gasteiger partial charge >= 0.3 is 5.97 Å². The molecule has 1 N–H and O–H groups in total. The molecule has 2 aromatic rings. The summed E-state index contributed by atoms with van der Waals surface area (Å²) in [5, 5.41) is 21.7. The monoisotopic (exact) mass is 452 g/mol. The van der Waals surface area contributed by atoms with Gasteiger partial charge in [0, 0.05) is 13.1 Å². The molecule has 9 heteroatoms. The minimum Gasteiger partial charge on any atom is -0.456 e. The Hall–Kier alpha value is -2.78. The molecule has 1 aromatic heterocycles. The number of benzene rings is 1. The van der Waals surface area contributed by atoms with Gasteiger partial charge < -0.3 is 14.7 Å². The summed E-state index contributed by atoms with van der Waals surface area (Å²) in [7, 11) is 0. The Morgan fingerprint density at radius 3 is 2.42 bits per heavy atom. The van der Waals surface area contributed by atoms with Crippen molar-refractivity contribution in [2.24, 2.45) is 5.41 Å². The Bertz CT molecular complexity index is 1030. The van der Waals surface area contributed by atoms with Crippen LogP contribution >= 0.6 is 0 Å². The number of nitrogens with zero attached hydrogens (tertiary/aromatic N) is 6. The lowest BCUT2D eigenvalue weighted by Gasteiger charge is -2.49. The van der Waals surface area contributed by atoms with E-state index in [9.17, 15) is 9.90 Å². The number of hydrogen-bond donors (Lipinski definition) is 1. The van der Waals surface area contributed by atoms with Gasteiger partial charge in [-0.05, 0) is 91.7 Å². The number of carbonyl (C=O) groups excluding carboxylic acids is 1. The highest BCUT2D eigenvalue weighted by atomic mass is 16.5. The summed E-state index contributed by atoms with van der Waals surface area (Å²) in [5.41, 5.74) is 5.42. The lowest BCUT2D eigenvalue weighted by atomic mass is 9.71. The van der Waals surface area contributed by atoms with Gasteiger partial charge in [0.05, 0.1) is 29.6 Å². The van der Waals surface area contributed by atoms with Crippen molar-refractivity contribution in [3.8, 4) is 5.69 Å². The van der Waals surface area contributed by atoms with Crippen LogP contribution in [-0.4, -0.2) is 80.5 Å². The number of likely N-dealkylation sites (tertiary alicyclic amines) is 2. The molecule has 0 radical (unpaired) electrons. The van der Waals surface area contributed by atoms with Gasteiger partial charge in [-0.3, -0.25) is 4.90 Å². The summed E-state index contributed by atoms with van der Waals surface area (Å²) >= 11 is 0. The Morgan fingerprint density at radius 1 is 1.12 bits per heavy atom. The van der Waals surface area contributed by atoms with E-state index in [1.54, 1.807) is 11.0 Å². The smallest absolute Gasteiger partial charge is 0.335 e. The number of hydrogen-bond acceptors (Lipinski definition) is 8. The molecule has 1 spiro atoms. The summed E-state index contributed by atoms with van der Waals surface area (Å²) in [6, 6.07) is 6.18. The van der Waals surface area contributed by atoms with Crippen LogP contribution in [0.2, 0.25) is 0 Å². The Balaban J connectivity index is 1.22. The summed E-state index contributed by atoms with van der Waals surface area (Å²) in [6.45, 7) is 8.45. The predicted octanol–water partition coefficient (Wildman–Crippen LogP) is 2.01. The number of aryl methyl sites for hydroxylation is 1. The molecule has 4 heterocycles. The third-order valence-electron chi connectivity index (χ3n) is 7.98. The number of aromatic nitrogens is 4. The zero-order chi connectivity index (χ0) is 23.0. The van der Waals surface area contributed by atoms with E-state index in [-0.39, 0.29) is 18.6 Å². The van der Waals surface area contributed by atoms with Crippen LogP contribution in [0.25, 0.3) is 5.69 Å². The quantitative estimate of drug-likeness (QED) is 0.689. The van der Waals surface area contributed by atoms with Gasteiger partial charge in [-0.25, -0.2) is 9.48 Å². The second kappa shape index (κ2) is 8.87. The average molecular weight is 453 g/mol. The minimum absolute atomic E-state index is 0.000171. The van der Waals surface area contributed by atoms with E-state index in [0.717, 1.165) is 79.9 Å². The van der Waals surface area contributed by atoms with Crippen LogP contribution < -0.4 is 0 Å². The van der Waals surface area contributed by atoms with E-state index in [4.69, 9.17) is 4.74 Å². The van der Waals surface area contributed by atoms with Gasteiger partial charge in [0.1, 0.15) is 12.9 Å². The van der Waals surface area contributed by atoms with Gasteiger partial charge in [-0.2, -0.15) is 0 Å². The first-order valence-corrected chi connectivity index (χ1v) is 11.8. The zero-order valence-electron chi connectivity index (χ0n) is 19.4. The van der Waals surface area contributed by atoms with Crippen LogP contribution in [0.15, 0.2) is 35.8 Å². The van der Waals surface area contributed by atoms with Crippen molar-refractivity contribution in [3.05, 3.63) is 46.9 Å². The average Bonchev–Trinajstić information content (AvgIpc) is 3.48. The molecule has 0 amide bonds. The molecule has 2 saturated heterocycles. The van der Waals surface area contributed by atoms with E-state index in [1.165, 1.54) is 0 Å². The fourth-order valence-corrected chi connectivity index (χ4v) is 5.72. The Morgan fingerprint density at radius 2 is 1.85 bits per heavy atom. The van der Waals surface area contributed by atoms with Gasteiger partial charge in [0.2, 0.25) is 0 Å². The maximum Gasteiger partial charge on any atom is 0.335 e. The molecule has 5 rings (SSSR count). The summed E-state index contributed by atoms with van der Waals surface area (Å²) < 4.78 is 6.85. The summed E-state index contributed by atoms with van der Waals surface area (Å²) in [5.74, 6) is -0.171. The molecule has 0 bridgehead atoms. The van der Waals surface area contributed by atoms with Crippen molar-refractivity contribution in [3.63, 3.8) is 0 Å². The van der Waals surface area contributed by atoms with Crippen molar-refractivity contribution in [1.29, 1.82) is 0 Å². The van der Waals surface area contributed by atoms with Crippen molar-refractivity contribution in [2.45, 2.75) is 45.6 Å². The predicted molar refractivity (Wildman–Crippen MR) is 121 cm³/mol. The second-order valence-corrected chi connectivity index (χ2v) is 9.66. The van der Waals surface area contributed by atoms with E-state index < -0.39 is 0 Å². The van der Waals surface area contributed by atoms with Crippen LogP contribution in [0, 0.1) is 12.3 Å². The maximum atomic E-state index is 11.7. The van der Waals surface area contributed by atoms with Crippen LogP contribution in [0.4, 0.5) is 0 Å². The number of tetrazole rings is 1. The molecule has 1 atom stereocenters. The zero-order valence-corrected chi connectivity index (χ0v) is 19.4. The highest BCUT2D eigenvalue weighted by Crippen LogP contribution is 2.44. The van der Waals surface area contributed by atoms with Gasteiger partial charge in [0.15, 0.2) is 0 Å². The first-order chi connectivity index (χ1) is 16.0. The number of rotatable bonds is 5. The third-order valence-corrected chi connectivity index (χ3v) is 7.98. The number of aliphatic hydroxyl groups is 1. The topological polar surface area (TPSA) is 96.6 Å². The molecule has 33 heavy (non-hydrogen) atoms. The number of esters is 1. The Kier molecular flexibility index (Phi) is 5.92. The first-order valence-electron chi connectivity index (χ1n) is 11.8. The van der Waals surface area contributed by atoms with Crippen molar-refractivity contribution in [1.82, 2.24) is 30.0 Å². The number of aliphatic hydroxyl groups excluding tert-OH is 1. The summed E-state index contributed by atoms with van der Waals surface area (Å²) in [6.07, 6.45) is 6.17. The molecule has 9 nitrogen and oxygen atoms in total. The van der Waals surface area contributed by atoms with E-state index in [2.05, 4.69) is 44.4 Å². The van der Waals surface area contributed by atoms with Gasteiger partial charge in [0.25, 0.3) is 0 Å². The van der Waals surface area contributed by atoms with Crippen molar-refractivity contribution < 1.29 is 14.6 Å². The maximum absolute atomic E-state index is 11.7. The Labute approximate surface area is 194 Å². The molecular weight excluding hydrogens is 420 g/mol. The number of piperidine rings is 2. The van der Waals surface area contributed by atoms with E-state index in [0.29, 0.717) is 12.0 Å². The highest BCUT2D eigenvalue weighted by molar-refractivity contribution is 5.90. The second-order valence-electron chi connectivity index (χ2n) is 9.66. The number of ether oxygens (including phenoxy) is 1. The molecule has 0 unspecified atom stereocenters. The standard InChI is InChI=1S/C24H32N6O3/c1-17-13-19(30-16-25-26-27-30)3-4-20(17)21(14-31)28-9-5-24(6-10-28)7-11-29(12-8-24)22-15-33-23(32)18(22)2/h3-4,13,16,21,31H,5-12,14-15H2,1-2H3/t21-/m1/s1. The lowest BCUT2D eigenvalue weighted by Crippen LogP contribution is -2.48. The number of cyclic esters (lactones) is 1. The lowest BCUT2D eigenvalue weighted by molar-refractivity contribution is -0.136.